The fraction of sp³-hybridized carbons (Fsp3) is 0.143. The summed E-state index contributed by atoms with van der Waals surface area (Å²) < 4.78 is 10.8. The summed E-state index contributed by atoms with van der Waals surface area (Å²) >= 11 is 0. The third-order valence-corrected chi connectivity index (χ3v) is 2.51. The van der Waals surface area contributed by atoms with Crippen molar-refractivity contribution < 1.29 is 9.47 Å². The van der Waals surface area contributed by atoms with Gasteiger partial charge >= 0.3 is 0 Å². The smallest absolute Gasteiger partial charge is 0.242 e. The van der Waals surface area contributed by atoms with Gasteiger partial charge < -0.3 is 15.2 Å². The van der Waals surface area contributed by atoms with Crippen molar-refractivity contribution in [2.75, 3.05) is 12.8 Å². The van der Waals surface area contributed by atoms with E-state index in [2.05, 4.69) is 4.98 Å². The van der Waals surface area contributed by atoms with Crippen molar-refractivity contribution in [3.05, 3.63) is 41.6 Å². The van der Waals surface area contributed by atoms with E-state index < -0.39 is 0 Å². The Morgan fingerprint density at radius 2 is 2.05 bits per heavy atom. The Bertz CT molecular complexity index is 648. The maximum atomic E-state index is 8.83. The van der Waals surface area contributed by atoms with E-state index in [0.29, 0.717) is 28.6 Å². The summed E-state index contributed by atoms with van der Waals surface area (Å²) in [7, 11) is 1.51. The van der Waals surface area contributed by atoms with Gasteiger partial charge in [0.05, 0.1) is 24.4 Å². The molecule has 5 heteroatoms. The van der Waals surface area contributed by atoms with Crippen LogP contribution in [0.2, 0.25) is 0 Å². The molecule has 1 aromatic heterocycles. The molecule has 2 N–H and O–H groups in total. The fourth-order valence-electron chi connectivity index (χ4n) is 1.59. The topological polar surface area (TPSA) is 81.2 Å². The summed E-state index contributed by atoms with van der Waals surface area (Å²) in [5, 5.41) is 8.83. The van der Waals surface area contributed by atoms with Crippen LogP contribution in [-0.4, -0.2) is 12.1 Å². The summed E-state index contributed by atoms with van der Waals surface area (Å²) in [6, 6.07) is 8.70. The Labute approximate surface area is 111 Å². The summed E-state index contributed by atoms with van der Waals surface area (Å²) in [6.45, 7) is 1.90. The van der Waals surface area contributed by atoms with Crippen molar-refractivity contribution in [2.24, 2.45) is 0 Å². The average molecular weight is 255 g/mol. The van der Waals surface area contributed by atoms with E-state index >= 15 is 0 Å². The van der Waals surface area contributed by atoms with E-state index in [1.54, 1.807) is 30.5 Å². The van der Waals surface area contributed by atoms with Crippen molar-refractivity contribution in [1.29, 1.82) is 5.26 Å². The molecule has 0 saturated carbocycles. The van der Waals surface area contributed by atoms with Crippen LogP contribution in [0.25, 0.3) is 0 Å². The van der Waals surface area contributed by atoms with Crippen LogP contribution in [0.5, 0.6) is 17.4 Å². The number of pyridine rings is 1. The van der Waals surface area contributed by atoms with Gasteiger partial charge in [0.15, 0.2) is 11.5 Å². The first kappa shape index (κ1) is 12.7. The minimum absolute atomic E-state index is 0.314. The predicted molar refractivity (Wildman–Crippen MR) is 71.2 cm³/mol. The van der Waals surface area contributed by atoms with Crippen LogP contribution in [0.1, 0.15) is 11.1 Å². The van der Waals surface area contributed by atoms with Gasteiger partial charge in [0.25, 0.3) is 0 Å². The lowest BCUT2D eigenvalue weighted by atomic mass is 10.2. The highest BCUT2D eigenvalue weighted by molar-refractivity contribution is 5.53. The molecule has 19 heavy (non-hydrogen) atoms. The number of nitrogens with zero attached hydrogens (tertiary/aromatic N) is 2. The summed E-state index contributed by atoms with van der Waals surface area (Å²) in [6.07, 6.45) is 1.67. The van der Waals surface area contributed by atoms with E-state index in [1.807, 2.05) is 13.0 Å². The molecular weight excluding hydrogens is 242 g/mol. The maximum Gasteiger partial charge on any atom is 0.242 e. The maximum absolute atomic E-state index is 8.83. The van der Waals surface area contributed by atoms with Gasteiger partial charge in [0, 0.05) is 12.3 Å². The summed E-state index contributed by atoms with van der Waals surface area (Å²) in [5.41, 5.74) is 7.74. The summed E-state index contributed by atoms with van der Waals surface area (Å²) in [5.74, 6) is 1.24. The Hall–Kier alpha value is -2.74. The third kappa shape index (κ3) is 2.75. The van der Waals surface area contributed by atoms with E-state index in [1.165, 1.54) is 7.11 Å². The third-order valence-electron chi connectivity index (χ3n) is 2.51. The van der Waals surface area contributed by atoms with Crippen LogP contribution < -0.4 is 15.2 Å². The van der Waals surface area contributed by atoms with Gasteiger partial charge in [-0.05, 0) is 30.7 Å². The normalized spacial score (nSPS) is 9.74. The SMILES string of the molecule is COc1cc(C#N)ccc1Oc1ncc(C)cc1N. The lowest BCUT2D eigenvalue weighted by Gasteiger charge is -2.11. The molecule has 1 aromatic carbocycles. The molecular formula is C14H13N3O2. The number of aromatic nitrogens is 1. The van der Waals surface area contributed by atoms with Gasteiger partial charge in [-0.25, -0.2) is 4.98 Å². The molecule has 0 atom stereocenters. The number of benzene rings is 1. The number of nitrogens with two attached hydrogens (primary N) is 1. The van der Waals surface area contributed by atoms with E-state index in [9.17, 15) is 0 Å². The molecule has 0 radical (unpaired) electrons. The lowest BCUT2D eigenvalue weighted by molar-refractivity contribution is 0.375. The first-order valence-electron chi connectivity index (χ1n) is 5.62. The van der Waals surface area contributed by atoms with Crippen molar-refractivity contribution in [1.82, 2.24) is 4.98 Å². The molecule has 5 nitrogen and oxygen atoms in total. The molecule has 0 saturated heterocycles. The minimum Gasteiger partial charge on any atom is -0.493 e. The van der Waals surface area contributed by atoms with Crippen LogP contribution in [0.15, 0.2) is 30.5 Å². The predicted octanol–water partition coefficient (Wildman–Crippen LogP) is 2.64. The zero-order valence-electron chi connectivity index (χ0n) is 10.7. The van der Waals surface area contributed by atoms with Gasteiger partial charge in [-0.3, -0.25) is 0 Å². The van der Waals surface area contributed by atoms with E-state index in [-0.39, 0.29) is 0 Å². The van der Waals surface area contributed by atoms with Crippen molar-refractivity contribution in [2.45, 2.75) is 6.92 Å². The van der Waals surface area contributed by atoms with Crippen LogP contribution in [0, 0.1) is 18.3 Å². The number of nitrogen functional groups attached to an aromatic ring is 1. The molecule has 0 unspecified atom stereocenters. The lowest BCUT2D eigenvalue weighted by Crippen LogP contribution is -1.97. The average Bonchev–Trinajstić information content (AvgIpc) is 2.42. The molecule has 0 aliphatic rings. The molecule has 0 bridgehead atoms. The van der Waals surface area contributed by atoms with Crippen LogP contribution in [-0.2, 0) is 0 Å². The zero-order valence-corrected chi connectivity index (χ0v) is 10.7. The van der Waals surface area contributed by atoms with Crippen LogP contribution in [0.4, 0.5) is 5.69 Å². The van der Waals surface area contributed by atoms with Crippen molar-refractivity contribution >= 4 is 5.69 Å². The van der Waals surface area contributed by atoms with Crippen LogP contribution >= 0.6 is 0 Å². The van der Waals surface area contributed by atoms with Crippen LogP contribution in [0.3, 0.4) is 0 Å². The highest BCUT2D eigenvalue weighted by Crippen LogP contribution is 2.33. The standard InChI is InChI=1S/C14H13N3O2/c1-9-5-11(16)14(17-8-9)19-12-4-3-10(7-15)6-13(12)18-2/h3-6,8H,16H2,1-2H3. The second kappa shape index (κ2) is 5.27. The number of anilines is 1. The molecule has 2 aromatic rings. The van der Waals surface area contributed by atoms with E-state index in [0.717, 1.165) is 5.56 Å². The van der Waals surface area contributed by atoms with Gasteiger partial charge in [-0.1, -0.05) is 0 Å². The number of nitriles is 1. The van der Waals surface area contributed by atoms with Crippen molar-refractivity contribution in [3.63, 3.8) is 0 Å². The molecule has 96 valence electrons. The number of ether oxygens (including phenoxy) is 2. The molecule has 2 rings (SSSR count). The second-order valence-electron chi connectivity index (χ2n) is 3.99. The molecule has 1 heterocycles. The largest absolute Gasteiger partial charge is 0.493 e. The van der Waals surface area contributed by atoms with Gasteiger partial charge in [0.2, 0.25) is 5.88 Å². The quantitative estimate of drug-likeness (QED) is 0.911. The van der Waals surface area contributed by atoms with Gasteiger partial charge in [-0.2, -0.15) is 5.26 Å². The Kier molecular flexibility index (Phi) is 3.53. The number of rotatable bonds is 3. The van der Waals surface area contributed by atoms with E-state index in [4.69, 9.17) is 20.5 Å². The van der Waals surface area contributed by atoms with Gasteiger partial charge in [0.1, 0.15) is 0 Å². The zero-order chi connectivity index (χ0) is 13.8. The van der Waals surface area contributed by atoms with Gasteiger partial charge in [-0.15, -0.1) is 0 Å². The molecule has 0 spiro atoms. The second-order valence-corrected chi connectivity index (χ2v) is 3.99. The number of methoxy groups -OCH3 is 1. The highest BCUT2D eigenvalue weighted by Gasteiger charge is 2.10. The summed E-state index contributed by atoms with van der Waals surface area (Å²) in [4.78, 5) is 4.12. The Morgan fingerprint density at radius 3 is 2.68 bits per heavy atom. The molecule has 0 amide bonds. The Balaban J connectivity index is 2.35. The highest BCUT2D eigenvalue weighted by atomic mass is 16.5. The number of aryl methyl sites for hydroxylation is 1. The number of hydrogen-bond acceptors (Lipinski definition) is 5. The first-order chi connectivity index (χ1) is 9.13. The Morgan fingerprint density at radius 1 is 1.26 bits per heavy atom. The monoisotopic (exact) mass is 255 g/mol. The fourth-order valence-corrected chi connectivity index (χ4v) is 1.59. The van der Waals surface area contributed by atoms with Crippen molar-refractivity contribution in [3.8, 4) is 23.4 Å². The molecule has 0 fully saturated rings. The first-order valence-corrected chi connectivity index (χ1v) is 5.62. The molecule has 0 aliphatic heterocycles. The number of hydrogen-bond donors (Lipinski definition) is 1. The molecule has 0 aliphatic carbocycles. The minimum atomic E-state index is 0.314.